The summed E-state index contributed by atoms with van der Waals surface area (Å²) >= 11 is 5.87. The van der Waals surface area contributed by atoms with Crippen molar-refractivity contribution in [2.24, 2.45) is 0 Å². The van der Waals surface area contributed by atoms with E-state index in [1.54, 1.807) is 12.4 Å². The molecule has 3 aromatic rings. The highest BCUT2D eigenvalue weighted by Gasteiger charge is 2.33. The first-order chi connectivity index (χ1) is 12.8. The summed E-state index contributed by atoms with van der Waals surface area (Å²) in [6.45, 7) is 1.88. The Morgan fingerprint density at radius 3 is 2.44 bits per heavy atom. The highest BCUT2D eigenvalue weighted by molar-refractivity contribution is 6.30. The Bertz CT molecular complexity index is 1000. The first kappa shape index (κ1) is 19.2. The lowest BCUT2D eigenvalue weighted by molar-refractivity contribution is -0.137. The molecule has 0 aliphatic heterocycles. The highest BCUT2D eigenvalue weighted by atomic mass is 35.5. The summed E-state index contributed by atoms with van der Waals surface area (Å²) in [5.41, 5.74) is -0.109. The fourth-order valence-corrected chi connectivity index (χ4v) is 3.15. The smallest absolute Gasteiger partial charge is 0.312 e. The normalized spacial score (nSPS) is 12.8. The van der Waals surface area contributed by atoms with E-state index >= 15 is 0 Å². The van der Waals surface area contributed by atoms with Gasteiger partial charge < -0.3 is 4.57 Å². The van der Waals surface area contributed by atoms with Gasteiger partial charge in [0.25, 0.3) is 5.56 Å². The number of benzene rings is 1. The Kier molecular flexibility index (Phi) is 5.37. The van der Waals surface area contributed by atoms with E-state index in [9.17, 15) is 18.0 Å². The van der Waals surface area contributed by atoms with Crippen molar-refractivity contribution in [3.05, 3.63) is 87.6 Å². The van der Waals surface area contributed by atoms with Crippen LogP contribution in [0.2, 0.25) is 5.02 Å². The molecule has 0 amide bonds. The van der Waals surface area contributed by atoms with Crippen LogP contribution in [0.4, 0.5) is 13.2 Å². The number of rotatable bonds is 4. The topological polar surface area (TPSA) is 34.9 Å². The Labute approximate surface area is 159 Å². The molecule has 0 saturated heterocycles. The summed E-state index contributed by atoms with van der Waals surface area (Å²) < 4.78 is 41.4. The average Bonchev–Trinajstić information content (AvgIpc) is 2.61. The Morgan fingerprint density at radius 1 is 1.11 bits per heavy atom. The van der Waals surface area contributed by atoms with Crippen LogP contribution in [-0.2, 0) is 12.6 Å². The van der Waals surface area contributed by atoms with Gasteiger partial charge >= 0.3 is 6.18 Å². The standard InChI is InChI=1S/C20H16ClF3N2O/c1-13(10-14-4-7-25-8-5-14)26-9-6-15(11-19(26)27)17-12-16(21)2-3-18(17)20(22,23)24/h2-9,11-13H,10H2,1H3. The Balaban J connectivity index is 1.96. The third-order valence-corrected chi connectivity index (χ3v) is 4.54. The van der Waals surface area contributed by atoms with Crippen LogP contribution in [0.3, 0.4) is 0 Å². The van der Waals surface area contributed by atoms with Crippen molar-refractivity contribution >= 4 is 11.6 Å². The average molecular weight is 393 g/mol. The molecule has 3 rings (SSSR count). The van der Waals surface area contributed by atoms with Crippen LogP contribution >= 0.6 is 11.6 Å². The molecule has 1 unspecified atom stereocenters. The second-order valence-corrected chi connectivity index (χ2v) is 6.69. The van der Waals surface area contributed by atoms with Crippen LogP contribution in [-0.4, -0.2) is 9.55 Å². The lowest BCUT2D eigenvalue weighted by Crippen LogP contribution is -2.23. The van der Waals surface area contributed by atoms with E-state index in [0.29, 0.717) is 6.42 Å². The van der Waals surface area contributed by atoms with Crippen molar-refractivity contribution in [1.29, 1.82) is 0 Å². The third kappa shape index (κ3) is 4.39. The fourth-order valence-electron chi connectivity index (χ4n) is 2.98. The summed E-state index contributed by atoms with van der Waals surface area (Å²) in [6.07, 6.45) is 0.929. The van der Waals surface area contributed by atoms with E-state index in [2.05, 4.69) is 4.98 Å². The predicted octanol–water partition coefficient (Wildman–Crippen LogP) is 5.39. The maximum absolute atomic E-state index is 13.3. The van der Waals surface area contributed by atoms with Crippen molar-refractivity contribution in [3.63, 3.8) is 0 Å². The van der Waals surface area contributed by atoms with Crippen LogP contribution in [0.5, 0.6) is 0 Å². The lowest BCUT2D eigenvalue weighted by atomic mass is 10.00. The van der Waals surface area contributed by atoms with E-state index in [-0.39, 0.29) is 27.8 Å². The number of aromatic nitrogens is 2. The van der Waals surface area contributed by atoms with Crippen molar-refractivity contribution in [3.8, 4) is 11.1 Å². The second-order valence-electron chi connectivity index (χ2n) is 6.26. The molecule has 3 nitrogen and oxygen atoms in total. The number of alkyl halides is 3. The molecular weight excluding hydrogens is 377 g/mol. The SMILES string of the molecule is CC(Cc1ccncc1)n1ccc(-c2cc(Cl)ccc2C(F)(F)F)cc1=O. The van der Waals surface area contributed by atoms with Crippen LogP contribution in [0.25, 0.3) is 11.1 Å². The molecule has 0 radical (unpaired) electrons. The summed E-state index contributed by atoms with van der Waals surface area (Å²) in [6, 6.07) is 9.62. The highest BCUT2D eigenvalue weighted by Crippen LogP contribution is 2.38. The minimum atomic E-state index is -4.54. The minimum absolute atomic E-state index is 0.110. The summed E-state index contributed by atoms with van der Waals surface area (Å²) in [5.74, 6) is 0. The first-order valence-electron chi connectivity index (χ1n) is 8.24. The van der Waals surface area contributed by atoms with Gasteiger partial charge in [0, 0.05) is 35.7 Å². The molecule has 140 valence electrons. The number of nitrogens with zero attached hydrogens (tertiary/aromatic N) is 2. The van der Waals surface area contributed by atoms with E-state index in [1.807, 2.05) is 19.1 Å². The minimum Gasteiger partial charge on any atom is -0.312 e. The molecule has 0 bridgehead atoms. The van der Waals surface area contributed by atoms with Crippen LogP contribution in [0.15, 0.2) is 65.8 Å². The Hall–Kier alpha value is -2.60. The number of pyridine rings is 2. The maximum atomic E-state index is 13.3. The maximum Gasteiger partial charge on any atom is 0.417 e. The van der Waals surface area contributed by atoms with Gasteiger partial charge in [0.15, 0.2) is 0 Å². The molecule has 0 saturated carbocycles. The number of hydrogen-bond donors (Lipinski definition) is 0. The predicted molar refractivity (Wildman–Crippen MR) is 98.8 cm³/mol. The first-order valence-corrected chi connectivity index (χ1v) is 8.61. The molecule has 0 fully saturated rings. The molecule has 0 aliphatic carbocycles. The second kappa shape index (κ2) is 7.56. The molecule has 0 N–H and O–H groups in total. The van der Waals surface area contributed by atoms with Gasteiger partial charge in [0.2, 0.25) is 0 Å². The lowest BCUT2D eigenvalue weighted by Gasteiger charge is -2.17. The van der Waals surface area contributed by atoms with Gasteiger partial charge in [-0.1, -0.05) is 11.6 Å². The van der Waals surface area contributed by atoms with Crippen molar-refractivity contribution in [1.82, 2.24) is 9.55 Å². The van der Waals surface area contributed by atoms with Gasteiger partial charge in [0.05, 0.1) is 5.56 Å². The van der Waals surface area contributed by atoms with E-state index in [4.69, 9.17) is 11.6 Å². The molecule has 0 aliphatic rings. The van der Waals surface area contributed by atoms with E-state index in [1.165, 1.54) is 35.0 Å². The zero-order valence-corrected chi connectivity index (χ0v) is 15.1. The zero-order chi connectivity index (χ0) is 19.6. The van der Waals surface area contributed by atoms with E-state index in [0.717, 1.165) is 11.6 Å². The fraction of sp³-hybridized carbons (Fsp3) is 0.200. The van der Waals surface area contributed by atoms with Gasteiger partial charge in [-0.3, -0.25) is 9.78 Å². The van der Waals surface area contributed by atoms with Crippen LogP contribution in [0.1, 0.15) is 24.1 Å². The monoisotopic (exact) mass is 392 g/mol. The molecule has 0 spiro atoms. The van der Waals surface area contributed by atoms with Crippen molar-refractivity contribution < 1.29 is 13.2 Å². The zero-order valence-electron chi connectivity index (χ0n) is 14.4. The largest absolute Gasteiger partial charge is 0.417 e. The molecule has 2 aromatic heterocycles. The third-order valence-electron chi connectivity index (χ3n) is 4.30. The summed E-state index contributed by atoms with van der Waals surface area (Å²) in [7, 11) is 0. The quantitative estimate of drug-likeness (QED) is 0.597. The molecule has 1 aromatic carbocycles. The van der Waals surface area contributed by atoms with Gasteiger partial charge in [-0.25, -0.2) is 0 Å². The van der Waals surface area contributed by atoms with Gasteiger partial charge in [-0.05, 0) is 66.4 Å². The molecular formula is C20H16ClF3N2O. The summed E-state index contributed by atoms with van der Waals surface area (Å²) in [4.78, 5) is 16.5. The molecule has 7 heteroatoms. The summed E-state index contributed by atoms with van der Waals surface area (Å²) in [5, 5.41) is 0.174. The molecule has 27 heavy (non-hydrogen) atoms. The van der Waals surface area contributed by atoms with Gasteiger partial charge in [0.1, 0.15) is 0 Å². The van der Waals surface area contributed by atoms with Gasteiger partial charge in [-0.2, -0.15) is 13.2 Å². The van der Waals surface area contributed by atoms with Crippen molar-refractivity contribution in [2.75, 3.05) is 0 Å². The van der Waals surface area contributed by atoms with Crippen LogP contribution in [0, 0.1) is 0 Å². The van der Waals surface area contributed by atoms with Crippen LogP contribution < -0.4 is 5.56 Å². The van der Waals surface area contributed by atoms with Gasteiger partial charge in [-0.15, -0.1) is 0 Å². The molecule has 1 atom stereocenters. The van der Waals surface area contributed by atoms with Crippen molar-refractivity contribution in [2.45, 2.75) is 25.6 Å². The Morgan fingerprint density at radius 2 is 1.81 bits per heavy atom. The molecule has 2 heterocycles. The van der Waals surface area contributed by atoms with E-state index < -0.39 is 11.7 Å². The number of halogens is 4. The number of hydrogen-bond acceptors (Lipinski definition) is 2.